The van der Waals surface area contributed by atoms with Gasteiger partial charge in [0.25, 0.3) is 0 Å². The van der Waals surface area contributed by atoms with Crippen LogP contribution < -0.4 is 5.32 Å². The Morgan fingerprint density at radius 3 is 2.74 bits per heavy atom. The van der Waals surface area contributed by atoms with E-state index in [1.165, 1.54) is 23.4 Å². The molecule has 1 N–H and O–H groups in total. The first-order valence-electron chi connectivity index (χ1n) is 7.69. The smallest absolute Gasteiger partial charge is 0.0777 e. The summed E-state index contributed by atoms with van der Waals surface area (Å²) in [5, 5.41) is 8.38. The van der Waals surface area contributed by atoms with E-state index < -0.39 is 0 Å². The van der Waals surface area contributed by atoms with Crippen molar-refractivity contribution < 1.29 is 4.74 Å². The minimum atomic E-state index is 0.445. The van der Waals surface area contributed by atoms with E-state index in [9.17, 15) is 0 Å². The summed E-state index contributed by atoms with van der Waals surface area (Å²) in [5.41, 5.74) is 4.08. The van der Waals surface area contributed by atoms with Gasteiger partial charge in [-0.05, 0) is 32.2 Å². The lowest BCUT2D eigenvalue weighted by Crippen LogP contribution is -2.17. The lowest BCUT2D eigenvalue weighted by molar-refractivity contribution is 0.184. The second-order valence-corrected chi connectivity index (χ2v) is 5.22. The van der Waals surface area contributed by atoms with Gasteiger partial charge in [-0.1, -0.05) is 20.8 Å². The lowest BCUT2D eigenvalue weighted by atomic mass is 10.1. The molecule has 0 spiro atoms. The zero-order valence-corrected chi connectivity index (χ0v) is 12.5. The van der Waals surface area contributed by atoms with Crippen LogP contribution in [0.5, 0.6) is 0 Å². The zero-order chi connectivity index (χ0) is 13.7. The molecule has 1 saturated heterocycles. The number of nitrogens with zero attached hydrogens (tertiary/aromatic N) is 2. The predicted molar refractivity (Wildman–Crippen MR) is 77.5 cm³/mol. The molecule has 108 valence electrons. The molecule has 1 fully saturated rings. The fraction of sp³-hybridized carbons (Fsp3) is 0.800. The molecule has 0 aromatic carbocycles. The molecule has 19 heavy (non-hydrogen) atoms. The van der Waals surface area contributed by atoms with Crippen LogP contribution >= 0.6 is 0 Å². The maximum Gasteiger partial charge on any atom is 0.0777 e. The molecule has 1 atom stereocenters. The van der Waals surface area contributed by atoms with Gasteiger partial charge in [-0.2, -0.15) is 5.10 Å². The van der Waals surface area contributed by atoms with E-state index in [0.29, 0.717) is 6.04 Å². The van der Waals surface area contributed by atoms with Crippen LogP contribution in [0, 0.1) is 0 Å². The Bertz CT molecular complexity index is 394. The maximum absolute atomic E-state index is 5.52. The summed E-state index contributed by atoms with van der Waals surface area (Å²) in [7, 11) is 0. The van der Waals surface area contributed by atoms with Crippen LogP contribution in [0.3, 0.4) is 0 Å². The van der Waals surface area contributed by atoms with Crippen molar-refractivity contribution in [1.82, 2.24) is 15.1 Å². The first kappa shape index (κ1) is 14.5. The first-order valence-corrected chi connectivity index (χ1v) is 7.69. The zero-order valence-electron chi connectivity index (χ0n) is 12.5. The van der Waals surface area contributed by atoms with Crippen molar-refractivity contribution in [2.45, 2.75) is 59.0 Å². The number of aromatic nitrogens is 2. The van der Waals surface area contributed by atoms with Crippen LogP contribution in [0.1, 0.15) is 56.6 Å². The van der Waals surface area contributed by atoms with E-state index in [1.807, 2.05) is 0 Å². The van der Waals surface area contributed by atoms with Crippen LogP contribution in [0.4, 0.5) is 0 Å². The molecule has 4 nitrogen and oxygen atoms in total. The number of aryl methyl sites for hydroxylation is 1. The van der Waals surface area contributed by atoms with Crippen molar-refractivity contribution in [3.05, 3.63) is 17.0 Å². The highest BCUT2D eigenvalue weighted by Gasteiger charge is 2.24. The van der Waals surface area contributed by atoms with Crippen molar-refractivity contribution in [3.8, 4) is 0 Å². The molecule has 1 aliphatic heterocycles. The monoisotopic (exact) mass is 265 g/mol. The SMILES string of the molecule is CCCNCc1c(CC)nn(C2CCOC2)c1CC. The molecule has 0 saturated carbocycles. The summed E-state index contributed by atoms with van der Waals surface area (Å²) in [5.74, 6) is 0. The molecule has 1 aromatic rings. The number of hydrogen-bond donors (Lipinski definition) is 1. The lowest BCUT2D eigenvalue weighted by Gasteiger charge is -2.13. The molecule has 1 unspecified atom stereocenters. The van der Waals surface area contributed by atoms with Gasteiger partial charge >= 0.3 is 0 Å². The first-order chi connectivity index (χ1) is 9.31. The molecular weight excluding hydrogens is 238 g/mol. The summed E-state index contributed by atoms with van der Waals surface area (Å²) in [4.78, 5) is 0. The summed E-state index contributed by atoms with van der Waals surface area (Å²) in [6, 6.07) is 0.445. The molecule has 1 aliphatic rings. The van der Waals surface area contributed by atoms with Gasteiger partial charge in [-0.3, -0.25) is 4.68 Å². The third-order valence-electron chi connectivity index (χ3n) is 3.85. The van der Waals surface area contributed by atoms with Gasteiger partial charge < -0.3 is 10.1 Å². The highest BCUT2D eigenvalue weighted by atomic mass is 16.5. The highest BCUT2D eigenvalue weighted by Crippen LogP contribution is 2.25. The molecular formula is C15H27N3O. The Morgan fingerprint density at radius 2 is 2.16 bits per heavy atom. The Labute approximate surface area is 116 Å². The topological polar surface area (TPSA) is 39.1 Å². The summed E-state index contributed by atoms with van der Waals surface area (Å²) >= 11 is 0. The summed E-state index contributed by atoms with van der Waals surface area (Å²) in [6.45, 7) is 10.3. The van der Waals surface area contributed by atoms with E-state index in [0.717, 1.165) is 45.6 Å². The van der Waals surface area contributed by atoms with Crippen molar-refractivity contribution in [2.24, 2.45) is 0 Å². The largest absolute Gasteiger partial charge is 0.379 e. The Kier molecular flexibility index (Phi) is 5.40. The van der Waals surface area contributed by atoms with Gasteiger partial charge in [0.05, 0.1) is 18.3 Å². The van der Waals surface area contributed by atoms with Gasteiger partial charge in [-0.15, -0.1) is 0 Å². The Balaban J connectivity index is 2.23. The van der Waals surface area contributed by atoms with E-state index in [1.54, 1.807) is 0 Å². The maximum atomic E-state index is 5.52. The molecule has 2 heterocycles. The van der Waals surface area contributed by atoms with Crippen molar-refractivity contribution in [3.63, 3.8) is 0 Å². The fourth-order valence-electron chi connectivity index (χ4n) is 2.83. The van der Waals surface area contributed by atoms with Gasteiger partial charge in [0.2, 0.25) is 0 Å². The van der Waals surface area contributed by atoms with Crippen LogP contribution in [0.25, 0.3) is 0 Å². The van der Waals surface area contributed by atoms with Gasteiger partial charge in [0, 0.05) is 24.4 Å². The third kappa shape index (κ3) is 3.18. The van der Waals surface area contributed by atoms with E-state index in [4.69, 9.17) is 9.84 Å². The van der Waals surface area contributed by atoms with Crippen molar-refractivity contribution in [2.75, 3.05) is 19.8 Å². The number of hydrogen-bond acceptors (Lipinski definition) is 3. The Morgan fingerprint density at radius 1 is 1.32 bits per heavy atom. The van der Waals surface area contributed by atoms with Gasteiger partial charge in [-0.25, -0.2) is 0 Å². The van der Waals surface area contributed by atoms with Crippen LogP contribution in [0.15, 0.2) is 0 Å². The van der Waals surface area contributed by atoms with Gasteiger partial charge in [0.1, 0.15) is 0 Å². The average Bonchev–Trinajstić information content (AvgIpc) is 3.05. The van der Waals surface area contributed by atoms with Crippen LogP contribution in [0.2, 0.25) is 0 Å². The standard InChI is InChI=1S/C15H27N3O/c1-4-8-16-10-13-14(5-2)17-18(15(13)6-3)12-7-9-19-11-12/h12,16H,4-11H2,1-3H3. The minimum Gasteiger partial charge on any atom is -0.379 e. The predicted octanol–water partition coefficient (Wildman–Crippen LogP) is 2.47. The number of rotatable bonds is 7. The second kappa shape index (κ2) is 7.06. The van der Waals surface area contributed by atoms with Crippen molar-refractivity contribution >= 4 is 0 Å². The quantitative estimate of drug-likeness (QED) is 0.770. The molecule has 1 aromatic heterocycles. The number of nitrogens with one attached hydrogen (secondary N) is 1. The second-order valence-electron chi connectivity index (χ2n) is 5.22. The van der Waals surface area contributed by atoms with Crippen LogP contribution in [-0.4, -0.2) is 29.5 Å². The normalized spacial score (nSPS) is 19.2. The van der Waals surface area contributed by atoms with Crippen LogP contribution in [-0.2, 0) is 24.1 Å². The Hall–Kier alpha value is -0.870. The van der Waals surface area contributed by atoms with Crippen molar-refractivity contribution in [1.29, 1.82) is 0 Å². The molecule has 2 rings (SSSR count). The summed E-state index contributed by atoms with van der Waals surface area (Å²) in [6.07, 6.45) is 4.33. The number of ether oxygens (including phenoxy) is 1. The molecule has 0 bridgehead atoms. The third-order valence-corrected chi connectivity index (χ3v) is 3.85. The highest BCUT2D eigenvalue weighted by molar-refractivity contribution is 5.27. The fourth-order valence-corrected chi connectivity index (χ4v) is 2.83. The molecule has 0 aliphatic carbocycles. The van der Waals surface area contributed by atoms with E-state index in [-0.39, 0.29) is 0 Å². The van der Waals surface area contributed by atoms with E-state index in [2.05, 4.69) is 30.8 Å². The molecule has 0 amide bonds. The average molecular weight is 265 g/mol. The van der Waals surface area contributed by atoms with E-state index >= 15 is 0 Å². The summed E-state index contributed by atoms with van der Waals surface area (Å²) < 4.78 is 7.76. The minimum absolute atomic E-state index is 0.445. The van der Waals surface area contributed by atoms with Gasteiger partial charge in [0.15, 0.2) is 0 Å². The molecule has 0 radical (unpaired) electrons. The molecule has 4 heteroatoms.